The Kier molecular flexibility index (Phi) is 5.63. The zero-order chi connectivity index (χ0) is 19.6. The number of hydrogen-bond donors (Lipinski definition) is 0. The van der Waals surface area contributed by atoms with Crippen molar-refractivity contribution >= 4 is 17.8 Å². The molecule has 0 bridgehead atoms. The van der Waals surface area contributed by atoms with Gasteiger partial charge in [-0.1, -0.05) is 24.3 Å². The smallest absolute Gasteiger partial charge is 0.329 e. The van der Waals surface area contributed by atoms with Gasteiger partial charge in [0.2, 0.25) is 11.8 Å². The molecular formula is C21H25NO5. The van der Waals surface area contributed by atoms with Crippen LogP contribution in [0.25, 0.3) is 0 Å². The molecule has 1 aromatic rings. The lowest BCUT2D eigenvalue weighted by Gasteiger charge is -2.21. The van der Waals surface area contributed by atoms with Crippen molar-refractivity contribution < 1.29 is 23.9 Å². The highest BCUT2D eigenvalue weighted by atomic mass is 16.6. The van der Waals surface area contributed by atoms with Crippen molar-refractivity contribution in [1.29, 1.82) is 0 Å². The van der Waals surface area contributed by atoms with E-state index >= 15 is 0 Å². The topological polar surface area (TPSA) is 72.9 Å². The number of nitrogens with zero attached hydrogens (tertiary/aromatic N) is 1. The lowest BCUT2D eigenvalue weighted by atomic mass is 9.85. The van der Waals surface area contributed by atoms with Gasteiger partial charge in [0.05, 0.1) is 11.8 Å². The van der Waals surface area contributed by atoms with E-state index in [1.165, 1.54) is 6.92 Å². The molecule has 3 rings (SSSR count). The Morgan fingerprint density at radius 1 is 1.11 bits per heavy atom. The van der Waals surface area contributed by atoms with Crippen LogP contribution < -0.4 is 4.74 Å². The molecule has 0 saturated carbocycles. The van der Waals surface area contributed by atoms with E-state index in [0.29, 0.717) is 12.8 Å². The van der Waals surface area contributed by atoms with Crippen LogP contribution in [-0.4, -0.2) is 41.9 Å². The van der Waals surface area contributed by atoms with Crippen molar-refractivity contribution in [2.75, 3.05) is 13.2 Å². The highest BCUT2D eigenvalue weighted by molar-refractivity contribution is 6.08. The second-order valence-corrected chi connectivity index (χ2v) is 7.16. The maximum absolute atomic E-state index is 12.5. The van der Waals surface area contributed by atoms with Gasteiger partial charge in [-0.2, -0.15) is 0 Å². The highest BCUT2D eigenvalue weighted by Gasteiger charge is 2.50. The summed E-state index contributed by atoms with van der Waals surface area (Å²) >= 11 is 0. The summed E-state index contributed by atoms with van der Waals surface area (Å²) in [6, 6.07) is 4.98. The van der Waals surface area contributed by atoms with Crippen molar-refractivity contribution in [3.05, 3.63) is 41.5 Å². The summed E-state index contributed by atoms with van der Waals surface area (Å²) in [6.07, 6.45) is 4.95. The van der Waals surface area contributed by atoms with Crippen LogP contribution in [0.5, 0.6) is 5.75 Å². The molecule has 1 fully saturated rings. The number of likely N-dealkylation sites (tertiary alicyclic amines) is 1. The van der Waals surface area contributed by atoms with Gasteiger partial charge < -0.3 is 9.47 Å². The van der Waals surface area contributed by atoms with Crippen LogP contribution in [0.3, 0.4) is 0 Å². The fraction of sp³-hybridized carbons (Fsp3) is 0.476. The number of rotatable bonds is 6. The van der Waals surface area contributed by atoms with E-state index in [4.69, 9.17) is 9.47 Å². The minimum Gasteiger partial charge on any atom is -0.490 e. The second-order valence-electron chi connectivity index (χ2n) is 7.16. The molecule has 3 atom stereocenters. The summed E-state index contributed by atoms with van der Waals surface area (Å²) in [5.41, 5.74) is 2.09. The van der Waals surface area contributed by atoms with Crippen LogP contribution in [-0.2, 0) is 19.1 Å². The van der Waals surface area contributed by atoms with Crippen molar-refractivity contribution in [3.63, 3.8) is 0 Å². The molecule has 27 heavy (non-hydrogen) atoms. The maximum Gasteiger partial charge on any atom is 0.329 e. The van der Waals surface area contributed by atoms with E-state index in [1.54, 1.807) is 0 Å². The number of hydrogen-bond acceptors (Lipinski definition) is 5. The maximum atomic E-state index is 12.5. The zero-order valence-corrected chi connectivity index (χ0v) is 15.9. The van der Waals surface area contributed by atoms with Gasteiger partial charge in [0.15, 0.2) is 0 Å². The number of allylic oxidation sites excluding steroid dienone is 2. The number of ether oxygens (including phenoxy) is 2. The van der Waals surface area contributed by atoms with E-state index in [0.717, 1.165) is 21.8 Å². The van der Waals surface area contributed by atoms with Gasteiger partial charge in [0.1, 0.15) is 25.0 Å². The van der Waals surface area contributed by atoms with Crippen molar-refractivity contribution in [2.24, 2.45) is 11.8 Å². The Morgan fingerprint density at radius 2 is 1.74 bits per heavy atom. The number of amides is 2. The zero-order valence-electron chi connectivity index (χ0n) is 15.9. The van der Waals surface area contributed by atoms with Crippen LogP contribution in [0.4, 0.5) is 0 Å². The van der Waals surface area contributed by atoms with E-state index in [2.05, 4.69) is 0 Å². The molecule has 0 N–H and O–H groups in total. The minimum atomic E-state index is -0.920. The van der Waals surface area contributed by atoms with Gasteiger partial charge in [-0.25, -0.2) is 4.79 Å². The standard InChI is InChI=1S/C21H25NO5/c1-13-8-9-14(2)18(12-13)26-10-11-27-21(25)15(3)22-19(23)16-6-4-5-7-17(16)20(22)24/h4-5,8-9,12,15-17H,6-7,10-11H2,1-3H3/t15-,16-,17+/m1/s1. The molecule has 1 aliphatic heterocycles. The summed E-state index contributed by atoms with van der Waals surface area (Å²) in [4.78, 5) is 38.4. The summed E-state index contributed by atoms with van der Waals surface area (Å²) in [5.74, 6) is -1.07. The van der Waals surface area contributed by atoms with Gasteiger partial charge in [-0.05, 0) is 50.8 Å². The molecule has 0 radical (unpaired) electrons. The molecule has 6 heteroatoms. The van der Waals surface area contributed by atoms with Crippen LogP contribution >= 0.6 is 0 Å². The molecule has 0 unspecified atom stereocenters. The Morgan fingerprint density at radius 3 is 2.37 bits per heavy atom. The molecule has 0 aromatic heterocycles. The van der Waals surface area contributed by atoms with Crippen molar-refractivity contribution in [3.8, 4) is 5.75 Å². The number of imide groups is 1. The van der Waals surface area contributed by atoms with Gasteiger partial charge in [-0.15, -0.1) is 0 Å². The fourth-order valence-electron chi connectivity index (χ4n) is 3.59. The first-order chi connectivity index (χ1) is 12.9. The first-order valence-electron chi connectivity index (χ1n) is 9.28. The summed E-state index contributed by atoms with van der Waals surface area (Å²) in [7, 11) is 0. The average molecular weight is 371 g/mol. The molecule has 2 aliphatic rings. The number of aryl methyl sites for hydroxylation is 2. The highest BCUT2D eigenvalue weighted by Crippen LogP contribution is 2.36. The molecule has 2 amide bonds. The quantitative estimate of drug-likeness (QED) is 0.333. The molecule has 1 aromatic carbocycles. The monoisotopic (exact) mass is 371 g/mol. The van der Waals surface area contributed by atoms with E-state index in [-0.39, 0.29) is 36.9 Å². The third kappa shape index (κ3) is 3.89. The largest absolute Gasteiger partial charge is 0.490 e. The fourth-order valence-corrected chi connectivity index (χ4v) is 3.59. The third-order valence-corrected chi connectivity index (χ3v) is 5.20. The number of carbonyl (C=O) groups excluding carboxylic acids is 3. The lowest BCUT2D eigenvalue weighted by Crippen LogP contribution is -2.44. The molecule has 6 nitrogen and oxygen atoms in total. The van der Waals surface area contributed by atoms with Gasteiger partial charge in [0, 0.05) is 0 Å². The normalized spacial score (nSPS) is 22.6. The van der Waals surface area contributed by atoms with E-state index < -0.39 is 12.0 Å². The summed E-state index contributed by atoms with van der Waals surface area (Å²) in [6.45, 7) is 5.72. The predicted molar refractivity (Wildman–Crippen MR) is 99.0 cm³/mol. The van der Waals surface area contributed by atoms with Crippen molar-refractivity contribution in [1.82, 2.24) is 4.90 Å². The first-order valence-corrected chi connectivity index (χ1v) is 9.28. The minimum absolute atomic E-state index is 0.0567. The van der Waals surface area contributed by atoms with Gasteiger partial charge in [0.25, 0.3) is 0 Å². The molecule has 0 spiro atoms. The molecule has 1 heterocycles. The Hall–Kier alpha value is -2.63. The summed E-state index contributed by atoms with van der Waals surface area (Å²) in [5, 5.41) is 0. The van der Waals surface area contributed by atoms with Crippen LogP contribution in [0.2, 0.25) is 0 Å². The molecule has 1 aliphatic carbocycles. The van der Waals surface area contributed by atoms with Crippen LogP contribution in [0, 0.1) is 25.7 Å². The van der Waals surface area contributed by atoms with Crippen LogP contribution in [0.1, 0.15) is 30.9 Å². The summed E-state index contributed by atoms with van der Waals surface area (Å²) < 4.78 is 10.9. The number of carbonyl (C=O) groups is 3. The SMILES string of the molecule is Cc1ccc(C)c(OCCOC(=O)[C@@H](C)N2C(=O)[C@H]3CC=CC[C@H]3C2=O)c1. The third-order valence-electron chi connectivity index (χ3n) is 5.20. The molecule has 144 valence electrons. The number of fused-ring (bicyclic) bond motifs is 1. The Balaban J connectivity index is 1.51. The first kappa shape index (κ1) is 19.1. The van der Waals surface area contributed by atoms with Gasteiger partial charge in [-0.3, -0.25) is 14.5 Å². The average Bonchev–Trinajstić information content (AvgIpc) is 2.91. The number of esters is 1. The number of benzene rings is 1. The van der Waals surface area contributed by atoms with E-state index in [9.17, 15) is 14.4 Å². The van der Waals surface area contributed by atoms with Crippen molar-refractivity contribution in [2.45, 2.75) is 39.7 Å². The van der Waals surface area contributed by atoms with E-state index in [1.807, 2.05) is 44.2 Å². The molecular weight excluding hydrogens is 346 g/mol. The van der Waals surface area contributed by atoms with Gasteiger partial charge >= 0.3 is 5.97 Å². The second kappa shape index (κ2) is 7.94. The van der Waals surface area contributed by atoms with Crippen LogP contribution in [0.15, 0.2) is 30.4 Å². The Labute approximate surface area is 159 Å². The predicted octanol–water partition coefficient (Wildman–Crippen LogP) is 2.57. The Bertz CT molecular complexity index is 759. The lowest BCUT2D eigenvalue weighted by molar-refractivity contribution is -0.158. The molecule has 1 saturated heterocycles.